The van der Waals surface area contributed by atoms with Crippen LogP contribution in [0.15, 0.2) is 41.0 Å². The van der Waals surface area contributed by atoms with Crippen LogP contribution in [-0.2, 0) is 4.79 Å². The van der Waals surface area contributed by atoms with E-state index in [2.05, 4.69) is 66.7 Å². The van der Waals surface area contributed by atoms with Crippen LogP contribution < -0.4 is 4.90 Å². The van der Waals surface area contributed by atoms with E-state index >= 15 is 0 Å². The number of aromatic nitrogens is 2. The van der Waals surface area contributed by atoms with Gasteiger partial charge in [-0.25, -0.2) is 4.98 Å². The van der Waals surface area contributed by atoms with Gasteiger partial charge in [0, 0.05) is 43.3 Å². The molecule has 6 heteroatoms. The maximum Gasteiger partial charge on any atom is 0.222 e. The first-order valence-corrected chi connectivity index (χ1v) is 11.6. The molecule has 3 heterocycles. The number of amides is 1. The van der Waals surface area contributed by atoms with Crippen LogP contribution in [0.5, 0.6) is 0 Å². The van der Waals surface area contributed by atoms with E-state index in [4.69, 9.17) is 4.98 Å². The van der Waals surface area contributed by atoms with Gasteiger partial charge < -0.3 is 14.2 Å². The minimum Gasteiger partial charge on any atom is -0.351 e. The SMILES string of the molecule is O=C(CCC1CCCC1)N1CCN(c2nc3cc(Br)ccc3n3cccc23)CC1. The van der Waals surface area contributed by atoms with E-state index in [1.165, 1.54) is 25.7 Å². The van der Waals surface area contributed by atoms with Gasteiger partial charge in [-0.15, -0.1) is 0 Å². The molecule has 1 aliphatic heterocycles. The second-order valence-corrected chi connectivity index (χ2v) is 9.30. The van der Waals surface area contributed by atoms with Crippen molar-refractivity contribution in [2.75, 3.05) is 31.1 Å². The highest BCUT2D eigenvalue weighted by molar-refractivity contribution is 9.10. The predicted molar refractivity (Wildman–Crippen MR) is 120 cm³/mol. The van der Waals surface area contributed by atoms with E-state index in [-0.39, 0.29) is 0 Å². The largest absolute Gasteiger partial charge is 0.351 e. The number of carbonyl (C=O) groups is 1. The first kappa shape index (κ1) is 18.9. The highest BCUT2D eigenvalue weighted by Gasteiger charge is 2.25. The highest BCUT2D eigenvalue weighted by Crippen LogP contribution is 2.30. The summed E-state index contributed by atoms with van der Waals surface area (Å²) in [7, 11) is 0. The molecule has 152 valence electrons. The molecule has 1 amide bonds. The maximum atomic E-state index is 12.7. The molecule has 5 rings (SSSR count). The molecule has 2 aliphatic rings. The molecule has 1 aromatic carbocycles. The molecule has 29 heavy (non-hydrogen) atoms. The maximum absolute atomic E-state index is 12.7. The Balaban J connectivity index is 1.30. The highest BCUT2D eigenvalue weighted by atomic mass is 79.9. The summed E-state index contributed by atoms with van der Waals surface area (Å²) in [5, 5.41) is 0. The fourth-order valence-electron chi connectivity index (χ4n) is 4.92. The van der Waals surface area contributed by atoms with Gasteiger partial charge in [-0.3, -0.25) is 4.79 Å². The zero-order valence-corrected chi connectivity index (χ0v) is 18.3. The lowest BCUT2D eigenvalue weighted by Crippen LogP contribution is -2.49. The number of nitrogens with zero attached hydrogens (tertiary/aromatic N) is 4. The van der Waals surface area contributed by atoms with Crippen molar-refractivity contribution >= 4 is 44.2 Å². The summed E-state index contributed by atoms with van der Waals surface area (Å²) in [6.45, 7) is 3.24. The van der Waals surface area contributed by atoms with Gasteiger partial charge in [-0.05, 0) is 42.7 Å². The third-order valence-electron chi connectivity index (χ3n) is 6.57. The van der Waals surface area contributed by atoms with Crippen molar-refractivity contribution in [3.8, 4) is 0 Å². The van der Waals surface area contributed by atoms with Crippen LogP contribution in [-0.4, -0.2) is 46.4 Å². The molecule has 2 aromatic heterocycles. The minimum absolute atomic E-state index is 0.333. The quantitative estimate of drug-likeness (QED) is 0.564. The van der Waals surface area contributed by atoms with Crippen molar-refractivity contribution in [1.82, 2.24) is 14.3 Å². The zero-order chi connectivity index (χ0) is 19.8. The van der Waals surface area contributed by atoms with Crippen LogP contribution in [0.4, 0.5) is 5.82 Å². The van der Waals surface area contributed by atoms with Crippen molar-refractivity contribution in [2.24, 2.45) is 5.92 Å². The molecule has 2 fully saturated rings. The number of piperazine rings is 1. The Morgan fingerprint density at radius 3 is 2.66 bits per heavy atom. The average molecular weight is 455 g/mol. The van der Waals surface area contributed by atoms with Crippen molar-refractivity contribution < 1.29 is 4.79 Å². The lowest BCUT2D eigenvalue weighted by molar-refractivity contribution is -0.131. The Morgan fingerprint density at radius 1 is 1.07 bits per heavy atom. The number of fused-ring (bicyclic) bond motifs is 3. The van der Waals surface area contributed by atoms with Gasteiger partial charge in [0.1, 0.15) is 0 Å². The lowest BCUT2D eigenvalue weighted by atomic mass is 10.0. The molecule has 1 aliphatic carbocycles. The monoisotopic (exact) mass is 454 g/mol. The fourth-order valence-corrected chi connectivity index (χ4v) is 5.27. The van der Waals surface area contributed by atoms with Crippen molar-refractivity contribution in [2.45, 2.75) is 38.5 Å². The van der Waals surface area contributed by atoms with Gasteiger partial charge in [0.15, 0.2) is 5.82 Å². The minimum atomic E-state index is 0.333. The van der Waals surface area contributed by atoms with Crippen LogP contribution in [0.3, 0.4) is 0 Å². The van der Waals surface area contributed by atoms with Crippen LogP contribution in [0.25, 0.3) is 16.6 Å². The number of benzene rings is 1. The zero-order valence-electron chi connectivity index (χ0n) is 16.7. The number of hydrogen-bond donors (Lipinski definition) is 0. The van der Waals surface area contributed by atoms with E-state index in [1.807, 2.05) is 0 Å². The van der Waals surface area contributed by atoms with Gasteiger partial charge >= 0.3 is 0 Å². The summed E-state index contributed by atoms with van der Waals surface area (Å²) in [6, 6.07) is 10.4. The Labute approximate surface area is 179 Å². The molecule has 3 aromatic rings. The molecule has 1 saturated carbocycles. The van der Waals surface area contributed by atoms with Crippen LogP contribution in [0.1, 0.15) is 38.5 Å². The van der Waals surface area contributed by atoms with Crippen molar-refractivity contribution in [3.05, 3.63) is 41.0 Å². The molecule has 0 N–H and O–H groups in total. The second kappa shape index (κ2) is 7.98. The number of anilines is 1. The first-order valence-electron chi connectivity index (χ1n) is 10.8. The summed E-state index contributed by atoms with van der Waals surface area (Å²) in [6.07, 6.45) is 9.22. The molecular formula is C23H27BrN4O. The molecule has 1 saturated heterocycles. The molecule has 0 unspecified atom stereocenters. The number of rotatable bonds is 4. The Bertz CT molecular complexity index is 1030. The molecule has 0 spiro atoms. The molecule has 0 bridgehead atoms. The summed E-state index contributed by atoms with van der Waals surface area (Å²) >= 11 is 3.56. The molecule has 5 nitrogen and oxygen atoms in total. The Hall–Kier alpha value is -2.08. The second-order valence-electron chi connectivity index (χ2n) is 8.39. The van der Waals surface area contributed by atoms with Crippen molar-refractivity contribution in [1.29, 1.82) is 0 Å². The summed E-state index contributed by atoms with van der Waals surface area (Å²) in [5.41, 5.74) is 3.21. The van der Waals surface area contributed by atoms with E-state index in [1.54, 1.807) is 0 Å². The van der Waals surface area contributed by atoms with Crippen LogP contribution in [0, 0.1) is 5.92 Å². The van der Waals surface area contributed by atoms with Gasteiger partial charge in [0.05, 0.1) is 16.6 Å². The van der Waals surface area contributed by atoms with E-state index < -0.39 is 0 Å². The summed E-state index contributed by atoms with van der Waals surface area (Å²) < 4.78 is 3.25. The summed E-state index contributed by atoms with van der Waals surface area (Å²) in [4.78, 5) is 22.0. The van der Waals surface area contributed by atoms with E-state index in [0.29, 0.717) is 5.91 Å². The van der Waals surface area contributed by atoms with Gasteiger partial charge in [-0.2, -0.15) is 0 Å². The first-order chi connectivity index (χ1) is 14.2. The topological polar surface area (TPSA) is 40.9 Å². The van der Waals surface area contributed by atoms with E-state index in [0.717, 1.165) is 71.8 Å². The van der Waals surface area contributed by atoms with Gasteiger partial charge in [-0.1, -0.05) is 41.6 Å². The van der Waals surface area contributed by atoms with Crippen LogP contribution >= 0.6 is 15.9 Å². The molecular weight excluding hydrogens is 428 g/mol. The third-order valence-corrected chi connectivity index (χ3v) is 7.07. The fraction of sp³-hybridized carbons (Fsp3) is 0.478. The Kier molecular flexibility index (Phi) is 5.20. The van der Waals surface area contributed by atoms with E-state index in [9.17, 15) is 4.79 Å². The Morgan fingerprint density at radius 2 is 1.86 bits per heavy atom. The standard InChI is InChI=1S/C23H27BrN4O/c24-18-8-9-20-19(16-18)25-23(21-6-3-11-28(20)21)27-14-12-26(13-15-27)22(29)10-7-17-4-1-2-5-17/h3,6,8-9,11,16-17H,1-2,4-5,7,10,12-15H2. The number of halogens is 1. The molecule has 0 atom stereocenters. The molecule has 0 radical (unpaired) electrons. The van der Waals surface area contributed by atoms with Gasteiger partial charge in [0.2, 0.25) is 5.91 Å². The summed E-state index contributed by atoms with van der Waals surface area (Å²) in [5.74, 6) is 2.13. The third kappa shape index (κ3) is 3.75. The van der Waals surface area contributed by atoms with Gasteiger partial charge in [0.25, 0.3) is 0 Å². The van der Waals surface area contributed by atoms with Crippen LogP contribution in [0.2, 0.25) is 0 Å². The number of hydrogen-bond acceptors (Lipinski definition) is 3. The van der Waals surface area contributed by atoms with Crippen molar-refractivity contribution in [3.63, 3.8) is 0 Å². The average Bonchev–Trinajstić information content (AvgIpc) is 3.43. The normalized spacial score (nSPS) is 18.2. The number of carbonyl (C=O) groups excluding carboxylic acids is 1. The predicted octanol–water partition coefficient (Wildman–Crippen LogP) is 4.87. The lowest BCUT2D eigenvalue weighted by Gasteiger charge is -2.36. The smallest absolute Gasteiger partial charge is 0.222 e.